The van der Waals surface area contributed by atoms with Crippen LogP contribution in [0.5, 0.6) is 0 Å². The molecule has 1 fully saturated rings. The maximum absolute atomic E-state index is 13.9. The Balaban J connectivity index is 1.70. The van der Waals surface area contributed by atoms with Crippen LogP contribution in [0, 0.1) is 19.7 Å². The van der Waals surface area contributed by atoms with Gasteiger partial charge in [0.2, 0.25) is 5.91 Å². The van der Waals surface area contributed by atoms with Crippen LogP contribution in [0.1, 0.15) is 45.9 Å². The lowest BCUT2D eigenvalue weighted by atomic mass is 9.96. The van der Waals surface area contributed by atoms with Crippen LogP contribution in [0.4, 0.5) is 4.39 Å². The fraction of sp³-hybridized carbons (Fsp3) is 0.333. The van der Waals surface area contributed by atoms with Gasteiger partial charge in [0.25, 0.3) is 5.91 Å². The quantitative estimate of drug-likeness (QED) is 0.853. The molecule has 142 valence electrons. The Kier molecular flexibility index (Phi) is 5.80. The minimum atomic E-state index is -0.707. The van der Waals surface area contributed by atoms with Crippen LogP contribution in [-0.2, 0) is 4.79 Å². The van der Waals surface area contributed by atoms with Crippen LogP contribution < -0.4 is 5.32 Å². The standard InChI is InChI=1S/C21H22ClFN2O2/c1-13-6-3-7-15(14(13)2)18-10-5-11-25(18)19(26)12-24-21(27)20-16(22)8-4-9-17(20)23/h3-4,6-9,18H,5,10-12H2,1-2H3,(H,24,27). The molecular weight excluding hydrogens is 367 g/mol. The summed E-state index contributed by atoms with van der Waals surface area (Å²) in [5.41, 5.74) is 3.28. The summed E-state index contributed by atoms with van der Waals surface area (Å²) >= 11 is 5.91. The van der Waals surface area contributed by atoms with E-state index in [-0.39, 0.29) is 29.1 Å². The zero-order valence-electron chi connectivity index (χ0n) is 15.4. The van der Waals surface area contributed by atoms with E-state index >= 15 is 0 Å². The fourth-order valence-electron chi connectivity index (χ4n) is 3.58. The highest BCUT2D eigenvalue weighted by atomic mass is 35.5. The molecular formula is C21H22ClFN2O2. The van der Waals surface area contributed by atoms with Gasteiger partial charge in [-0.1, -0.05) is 35.9 Å². The predicted octanol–water partition coefficient (Wildman–Crippen LogP) is 4.19. The van der Waals surface area contributed by atoms with Gasteiger partial charge >= 0.3 is 0 Å². The van der Waals surface area contributed by atoms with E-state index < -0.39 is 11.7 Å². The molecule has 0 radical (unpaired) electrons. The molecule has 1 saturated heterocycles. The van der Waals surface area contributed by atoms with E-state index in [1.165, 1.54) is 29.3 Å². The van der Waals surface area contributed by atoms with E-state index in [2.05, 4.69) is 31.3 Å². The molecule has 0 aromatic heterocycles. The van der Waals surface area contributed by atoms with Crippen molar-refractivity contribution in [3.05, 3.63) is 69.5 Å². The molecule has 0 aliphatic carbocycles. The van der Waals surface area contributed by atoms with Gasteiger partial charge in [0.1, 0.15) is 5.82 Å². The molecule has 1 atom stereocenters. The highest BCUT2D eigenvalue weighted by Gasteiger charge is 2.31. The van der Waals surface area contributed by atoms with E-state index in [9.17, 15) is 14.0 Å². The minimum Gasteiger partial charge on any atom is -0.343 e. The summed E-state index contributed by atoms with van der Waals surface area (Å²) < 4.78 is 13.9. The van der Waals surface area contributed by atoms with Gasteiger partial charge in [-0.3, -0.25) is 9.59 Å². The second-order valence-electron chi connectivity index (χ2n) is 6.81. The van der Waals surface area contributed by atoms with Crippen LogP contribution in [0.25, 0.3) is 0 Å². The van der Waals surface area contributed by atoms with Crippen molar-refractivity contribution in [2.75, 3.05) is 13.1 Å². The number of carbonyl (C=O) groups is 2. The summed E-state index contributed by atoms with van der Waals surface area (Å²) in [6, 6.07) is 10.2. The Labute approximate surface area is 163 Å². The monoisotopic (exact) mass is 388 g/mol. The van der Waals surface area contributed by atoms with Crippen molar-refractivity contribution in [1.29, 1.82) is 0 Å². The van der Waals surface area contributed by atoms with Gasteiger partial charge in [-0.15, -0.1) is 0 Å². The summed E-state index contributed by atoms with van der Waals surface area (Å²) in [6.45, 7) is 4.57. The number of benzene rings is 2. The zero-order valence-corrected chi connectivity index (χ0v) is 16.1. The lowest BCUT2D eigenvalue weighted by Crippen LogP contribution is -2.40. The van der Waals surface area contributed by atoms with E-state index in [1.807, 2.05) is 6.07 Å². The Hall–Kier alpha value is -2.40. The molecule has 0 saturated carbocycles. The molecule has 27 heavy (non-hydrogen) atoms. The Morgan fingerprint density at radius 1 is 1.22 bits per heavy atom. The van der Waals surface area contributed by atoms with E-state index in [0.29, 0.717) is 6.54 Å². The first-order chi connectivity index (χ1) is 12.9. The Morgan fingerprint density at radius 3 is 2.70 bits per heavy atom. The third kappa shape index (κ3) is 3.98. The SMILES string of the molecule is Cc1cccc(C2CCCN2C(=O)CNC(=O)c2c(F)cccc2Cl)c1C. The van der Waals surface area contributed by atoms with Crippen molar-refractivity contribution in [3.63, 3.8) is 0 Å². The molecule has 4 nitrogen and oxygen atoms in total. The Bertz CT molecular complexity index is 864. The van der Waals surface area contributed by atoms with Crippen molar-refractivity contribution >= 4 is 23.4 Å². The molecule has 3 rings (SSSR count). The van der Waals surface area contributed by atoms with Crippen LogP contribution in [0.2, 0.25) is 5.02 Å². The van der Waals surface area contributed by atoms with Crippen LogP contribution in [0.3, 0.4) is 0 Å². The summed E-state index contributed by atoms with van der Waals surface area (Å²) in [4.78, 5) is 26.8. The molecule has 1 unspecified atom stereocenters. The first-order valence-electron chi connectivity index (χ1n) is 8.98. The Morgan fingerprint density at radius 2 is 1.96 bits per heavy atom. The first-order valence-corrected chi connectivity index (χ1v) is 9.35. The van der Waals surface area contributed by atoms with Crippen molar-refractivity contribution in [2.45, 2.75) is 32.7 Å². The number of hydrogen-bond donors (Lipinski definition) is 1. The van der Waals surface area contributed by atoms with Crippen LogP contribution in [0.15, 0.2) is 36.4 Å². The van der Waals surface area contributed by atoms with Gasteiger partial charge in [0.15, 0.2) is 0 Å². The van der Waals surface area contributed by atoms with Gasteiger partial charge in [0.05, 0.1) is 23.2 Å². The van der Waals surface area contributed by atoms with Crippen molar-refractivity contribution in [3.8, 4) is 0 Å². The summed E-state index contributed by atoms with van der Waals surface area (Å²) in [5.74, 6) is -1.57. The average molecular weight is 389 g/mol. The third-order valence-electron chi connectivity index (χ3n) is 5.17. The van der Waals surface area contributed by atoms with Gasteiger partial charge in [0, 0.05) is 6.54 Å². The molecule has 2 amide bonds. The fourth-order valence-corrected chi connectivity index (χ4v) is 3.83. The molecule has 2 aromatic carbocycles. The number of hydrogen-bond acceptors (Lipinski definition) is 2. The predicted molar refractivity (Wildman–Crippen MR) is 103 cm³/mol. The largest absolute Gasteiger partial charge is 0.343 e. The van der Waals surface area contributed by atoms with Gasteiger partial charge < -0.3 is 10.2 Å². The lowest BCUT2D eigenvalue weighted by Gasteiger charge is -2.27. The maximum atomic E-state index is 13.9. The van der Waals surface area contributed by atoms with Gasteiger partial charge in [-0.25, -0.2) is 4.39 Å². The molecule has 0 spiro atoms. The molecule has 1 aliphatic rings. The highest BCUT2D eigenvalue weighted by Crippen LogP contribution is 2.34. The first kappa shape index (κ1) is 19.4. The molecule has 6 heteroatoms. The third-order valence-corrected chi connectivity index (χ3v) is 5.48. The summed E-state index contributed by atoms with van der Waals surface area (Å²) in [6.07, 6.45) is 1.81. The number of nitrogens with zero attached hydrogens (tertiary/aromatic N) is 1. The molecule has 0 bridgehead atoms. The number of carbonyl (C=O) groups excluding carboxylic acids is 2. The smallest absolute Gasteiger partial charge is 0.256 e. The van der Waals surface area contributed by atoms with Gasteiger partial charge in [-0.2, -0.15) is 0 Å². The molecule has 2 aromatic rings. The van der Waals surface area contributed by atoms with Crippen LogP contribution in [-0.4, -0.2) is 29.8 Å². The number of nitrogens with one attached hydrogen (secondary N) is 1. The number of rotatable bonds is 4. The van der Waals surface area contributed by atoms with E-state index in [1.54, 1.807) is 4.90 Å². The van der Waals surface area contributed by atoms with Crippen LogP contribution >= 0.6 is 11.6 Å². The second-order valence-corrected chi connectivity index (χ2v) is 7.22. The number of amides is 2. The van der Waals surface area contributed by atoms with Gasteiger partial charge in [-0.05, 0) is 55.5 Å². The minimum absolute atomic E-state index is 0.00588. The summed E-state index contributed by atoms with van der Waals surface area (Å²) in [7, 11) is 0. The molecule has 1 aliphatic heterocycles. The van der Waals surface area contributed by atoms with Crippen molar-refractivity contribution in [2.24, 2.45) is 0 Å². The van der Waals surface area contributed by atoms with E-state index in [0.717, 1.165) is 18.4 Å². The zero-order chi connectivity index (χ0) is 19.6. The molecule has 1 heterocycles. The average Bonchev–Trinajstić information content (AvgIpc) is 3.11. The molecule has 1 N–H and O–H groups in total. The maximum Gasteiger partial charge on any atom is 0.256 e. The normalized spacial score (nSPS) is 16.4. The lowest BCUT2D eigenvalue weighted by molar-refractivity contribution is -0.131. The number of likely N-dealkylation sites (tertiary alicyclic amines) is 1. The topological polar surface area (TPSA) is 49.4 Å². The van der Waals surface area contributed by atoms with E-state index in [4.69, 9.17) is 11.6 Å². The van der Waals surface area contributed by atoms with Crippen molar-refractivity contribution in [1.82, 2.24) is 10.2 Å². The number of halogens is 2. The summed E-state index contributed by atoms with van der Waals surface area (Å²) in [5, 5.41) is 2.52. The second kappa shape index (κ2) is 8.09. The highest BCUT2D eigenvalue weighted by molar-refractivity contribution is 6.33. The van der Waals surface area contributed by atoms with Crippen molar-refractivity contribution < 1.29 is 14.0 Å². The number of aryl methyl sites for hydroxylation is 1.